The van der Waals surface area contributed by atoms with E-state index in [-0.39, 0.29) is 11.4 Å². The number of nitrogens with zero attached hydrogens (tertiary/aromatic N) is 3. The van der Waals surface area contributed by atoms with Gasteiger partial charge in [-0.3, -0.25) is 4.79 Å². The third-order valence-corrected chi connectivity index (χ3v) is 3.40. The molecule has 0 aliphatic heterocycles. The van der Waals surface area contributed by atoms with Crippen LogP contribution in [0.25, 0.3) is 0 Å². The van der Waals surface area contributed by atoms with Crippen molar-refractivity contribution in [2.75, 3.05) is 5.73 Å². The standard InChI is InChI=1S/C10H10ClN5OS/c1-2-5-8(11)13-4-14-9(5)18-10-15-6(12)3-7(17)16-10/h3-4H,2H2,1H3,(H3,12,15,16,17). The fourth-order valence-corrected chi connectivity index (χ4v) is 2.63. The molecule has 2 heterocycles. The van der Waals surface area contributed by atoms with Gasteiger partial charge in [-0.05, 0) is 18.2 Å². The fraction of sp³-hybridized carbons (Fsp3) is 0.200. The molecule has 0 bridgehead atoms. The first kappa shape index (κ1) is 12.8. The van der Waals surface area contributed by atoms with Gasteiger partial charge < -0.3 is 10.7 Å². The average molecular weight is 284 g/mol. The van der Waals surface area contributed by atoms with Crippen LogP contribution in [0.3, 0.4) is 0 Å². The number of hydrogen-bond acceptors (Lipinski definition) is 6. The molecule has 94 valence electrons. The Balaban J connectivity index is 2.39. The number of aromatic nitrogens is 4. The molecule has 0 amide bonds. The highest BCUT2D eigenvalue weighted by atomic mass is 35.5. The first-order valence-electron chi connectivity index (χ1n) is 5.14. The number of nitrogens with one attached hydrogen (secondary N) is 1. The molecule has 2 aromatic rings. The Morgan fingerprint density at radius 2 is 2.28 bits per heavy atom. The van der Waals surface area contributed by atoms with Crippen LogP contribution in [-0.2, 0) is 6.42 Å². The SMILES string of the molecule is CCc1c(Cl)ncnc1Sc1nc(N)cc(=O)[nH]1. The van der Waals surface area contributed by atoms with Crippen LogP contribution in [0.5, 0.6) is 0 Å². The number of halogens is 1. The maximum atomic E-state index is 11.3. The van der Waals surface area contributed by atoms with E-state index in [9.17, 15) is 4.79 Å². The number of hydrogen-bond donors (Lipinski definition) is 2. The van der Waals surface area contributed by atoms with E-state index in [4.69, 9.17) is 17.3 Å². The van der Waals surface area contributed by atoms with E-state index in [2.05, 4.69) is 19.9 Å². The smallest absolute Gasteiger partial charge is 0.253 e. The summed E-state index contributed by atoms with van der Waals surface area (Å²) in [4.78, 5) is 25.9. The van der Waals surface area contributed by atoms with E-state index in [1.165, 1.54) is 24.2 Å². The molecule has 0 atom stereocenters. The summed E-state index contributed by atoms with van der Waals surface area (Å²) in [5.74, 6) is 0.166. The Morgan fingerprint density at radius 3 is 2.94 bits per heavy atom. The van der Waals surface area contributed by atoms with Crippen molar-refractivity contribution >= 4 is 29.2 Å². The zero-order chi connectivity index (χ0) is 13.1. The lowest BCUT2D eigenvalue weighted by atomic mass is 10.3. The van der Waals surface area contributed by atoms with Crippen LogP contribution < -0.4 is 11.3 Å². The summed E-state index contributed by atoms with van der Waals surface area (Å²) in [7, 11) is 0. The van der Waals surface area contributed by atoms with Gasteiger partial charge in [-0.1, -0.05) is 18.5 Å². The van der Waals surface area contributed by atoms with Crippen molar-refractivity contribution in [3.63, 3.8) is 0 Å². The predicted molar refractivity (Wildman–Crippen MR) is 69.8 cm³/mol. The number of H-pyrrole nitrogens is 1. The van der Waals surface area contributed by atoms with Crippen molar-refractivity contribution in [3.05, 3.63) is 33.5 Å². The highest BCUT2D eigenvalue weighted by Gasteiger charge is 2.11. The van der Waals surface area contributed by atoms with Crippen LogP contribution in [0.1, 0.15) is 12.5 Å². The van der Waals surface area contributed by atoms with Gasteiger partial charge in [-0.2, -0.15) is 0 Å². The largest absolute Gasteiger partial charge is 0.383 e. The zero-order valence-corrected chi connectivity index (χ0v) is 11.0. The maximum absolute atomic E-state index is 11.3. The molecule has 2 rings (SSSR count). The molecule has 0 unspecified atom stereocenters. The van der Waals surface area contributed by atoms with E-state index in [1.54, 1.807) is 0 Å². The minimum absolute atomic E-state index is 0.166. The van der Waals surface area contributed by atoms with Gasteiger partial charge in [0.05, 0.1) is 0 Å². The summed E-state index contributed by atoms with van der Waals surface area (Å²) in [6, 6.07) is 1.22. The van der Waals surface area contributed by atoms with Gasteiger partial charge in [0.2, 0.25) is 0 Å². The zero-order valence-electron chi connectivity index (χ0n) is 9.48. The summed E-state index contributed by atoms with van der Waals surface area (Å²) in [6.07, 6.45) is 2.06. The molecule has 8 heteroatoms. The topological polar surface area (TPSA) is 97.5 Å². The molecular weight excluding hydrogens is 274 g/mol. The lowest BCUT2D eigenvalue weighted by molar-refractivity contribution is 0.914. The molecule has 0 aliphatic carbocycles. The van der Waals surface area contributed by atoms with Crippen molar-refractivity contribution in [2.24, 2.45) is 0 Å². The van der Waals surface area contributed by atoms with Crippen LogP contribution in [0, 0.1) is 0 Å². The molecule has 0 radical (unpaired) electrons. The molecule has 0 saturated carbocycles. The first-order valence-corrected chi connectivity index (χ1v) is 6.33. The second-order valence-electron chi connectivity index (χ2n) is 3.38. The molecule has 0 fully saturated rings. The Labute approximate surface area is 112 Å². The van der Waals surface area contributed by atoms with Crippen LogP contribution in [0.15, 0.2) is 27.4 Å². The third kappa shape index (κ3) is 2.80. The van der Waals surface area contributed by atoms with Gasteiger partial charge in [0.1, 0.15) is 22.3 Å². The molecule has 18 heavy (non-hydrogen) atoms. The van der Waals surface area contributed by atoms with Crippen molar-refractivity contribution in [1.29, 1.82) is 0 Å². The summed E-state index contributed by atoms with van der Waals surface area (Å²) in [5, 5.41) is 1.44. The normalized spacial score (nSPS) is 10.6. The summed E-state index contributed by atoms with van der Waals surface area (Å²) in [5.41, 5.74) is 6.02. The molecule has 3 N–H and O–H groups in total. The van der Waals surface area contributed by atoms with E-state index in [1.807, 2.05) is 6.92 Å². The van der Waals surface area contributed by atoms with Gasteiger partial charge in [0.25, 0.3) is 5.56 Å². The van der Waals surface area contributed by atoms with Crippen LogP contribution in [0.2, 0.25) is 5.15 Å². The van der Waals surface area contributed by atoms with Crippen LogP contribution >= 0.6 is 23.4 Å². The number of nitrogen functional groups attached to an aromatic ring is 1. The molecule has 0 aliphatic rings. The van der Waals surface area contributed by atoms with Gasteiger partial charge in [0.15, 0.2) is 5.16 Å². The predicted octanol–water partition coefficient (Wildman–Crippen LogP) is 1.51. The second kappa shape index (κ2) is 5.36. The van der Waals surface area contributed by atoms with Crippen LogP contribution in [-0.4, -0.2) is 19.9 Å². The van der Waals surface area contributed by atoms with Crippen LogP contribution in [0.4, 0.5) is 5.82 Å². The molecule has 2 aromatic heterocycles. The van der Waals surface area contributed by atoms with E-state index < -0.39 is 0 Å². The Bertz CT molecular complexity index is 630. The van der Waals surface area contributed by atoms with Crippen molar-refractivity contribution in [3.8, 4) is 0 Å². The van der Waals surface area contributed by atoms with Gasteiger partial charge >= 0.3 is 0 Å². The highest BCUT2D eigenvalue weighted by Crippen LogP contribution is 2.28. The second-order valence-corrected chi connectivity index (χ2v) is 4.71. The third-order valence-electron chi connectivity index (χ3n) is 2.14. The van der Waals surface area contributed by atoms with Crippen molar-refractivity contribution in [1.82, 2.24) is 19.9 Å². The highest BCUT2D eigenvalue weighted by molar-refractivity contribution is 7.99. The number of rotatable bonds is 3. The van der Waals surface area contributed by atoms with Crippen molar-refractivity contribution in [2.45, 2.75) is 23.5 Å². The van der Waals surface area contributed by atoms with E-state index >= 15 is 0 Å². The fourth-order valence-electron chi connectivity index (χ4n) is 1.35. The quantitative estimate of drug-likeness (QED) is 0.654. The summed E-state index contributed by atoms with van der Waals surface area (Å²) >= 11 is 7.18. The first-order chi connectivity index (χ1) is 8.60. The lowest BCUT2D eigenvalue weighted by Crippen LogP contribution is -2.09. The van der Waals surface area contributed by atoms with Gasteiger partial charge in [-0.15, -0.1) is 0 Å². The van der Waals surface area contributed by atoms with Crippen molar-refractivity contribution < 1.29 is 0 Å². The number of aromatic amines is 1. The minimum atomic E-state index is -0.303. The Kier molecular flexibility index (Phi) is 3.83. The average Bonchev–Trinajstić information content (AvgIpc) is 2.27. The Morgan fingerprint density at radius 1 is 1.50 bits per heavy atom. The number of anilines is 1. The van der Waals surface area contributed by atoms with Gasteiger partial charge in [0, 0.05) is 11.6 Å². The maximum Gasteiger partial charge on any atom is 0.253 e. The molecular formula is C10H10ClN5OS. The van der Waals surface area contributed by atoms with E-state index in [0.29, 0.717) is 21.8 Å². The monoisotopic (exact) mass is 283 g/mol. The summed E-state index contributed by atoms with van der Waals surface area (Å²) in [6.45, 7) is 1.95. The molecule has 6 nitrogen and oxygen atoms in total. The molecule has 0 spiro atoms. The molecule has 0 aromatic carbocycles. The van der Waals surface area contributed by atoms with Gasteiger partial charge in [-0.25, -0.2) is 15.0 Å². The Hall–Kier alpha value is -1.60. The number of nitrogens with two attached hydrogens (primary N) is 1. The lowest BCUT2D eigenvalue weighted by Gasteiger charge is -2.06. The summed E-state index contributed by atoms with van der Waals surface area (Å²) < 4.78 is 0. The van der Waals surface area contributed by atoms with E-state index in [0.717, 1.165) is 5.56 Å². The minimum Gasteiger partial charge on any atom is -0.383 e. The molecule has 0 saturated heterocycles.